The summed E-state index contributed by atoms with van der Waals surface area (Å²) < 4.78 is 0. The van der Waals surface area contributed by atoms with Crippen molar-refractivity contribution in [3.05, 3.63) is 0 Å². The highest BCUT2D eigenvalue weighted by molar-refractivity contribution is 5.74. The van der Waals surface area contributed by atoms with Crippen molar-refractivity contribution in [1.29, 1.82) is 0 Å². The van der Waals surface area contributed by atoms with Crippen molar-refractivity contribution in [3.63, 3.8) is 0 Å². The number of rotatable bonds is 3. The van der Waals surface area contributed by atoms with E-state index in [4.69, 9.17) is 5.73 Å². The SMILES string of the molecule is NCC1CCCC1NC(=O)NC1CCCC1. The van der Waals surface area contributed by atoms with Gasteiger partial charge in [-0.25, -0.2) is 4.79 Å². The Morgan fingerprint density at radius 1 is 1.06 bits per heavy atom. The first-order valence-corrected chi connectivity index (χ1v) is 6.56. The summed E-state index contributed by atoms with van der Waals surface area (Å²) in [6.45, 7) is 0.689. The van der Waals surface area contributed by atoms with Crippen molar-refractivity contribution < 1.29 is 4.79 Å². The lowest BCUT2D eigenvalue weighted by Gasteiger charge is -2.21. The lowest BCUT2D eigenvalue weighted by Crippen LogP contribution is -2.47. The second kappa shape index (κ2) is 5.53. The van der Waals surface area contributed by atoms with Crippen molar-refractivity contribution in [3.8, 4) is 0 Å². The van der Waals surface area contributed by atoms with Crippen LogP contribution in [0.5, 0.6) is 0 Å². The highest BCUT2D eigenvalue weighted by atomic mass is 16.2. The Balaban J connectivity index is 1.73. The van der Waals surface area contributed by atoms with Crippen molar-refractivity contribution >= 4 is 6.03 Å². The molecule has 4 heteroatoms. The monoisotopic (exact) mass is 225 g/mol. The van der Waals surface area contributed by atoms with Gasteiger partial charge in [0.2, 0.25) is 0 Å². The van der Waals surface area contributed by atoms with Gasteiger partial charge in [0.1, 0.15) is 0 Å². The fourth-order valence-corrected chi connectivity index (χ4v) is 2.97. The number of nitrogens with two attached hydrogens (primary N) is 1. The van der Waals surface area contributed by atoms with Gasteiger partial charge in [0.25, 0.3) is 0 Å². The molecule has 2 amide bonds. The standard InChI is InChI=1S/C12H23N3O/c13-8-9-4-3-7-11(9)15-12(16)14-10-5-1-2-6-10/h9-11H,1-8,13H2,(H2,14,15,16). The maximum Gasteiger partial charge on any atom is 0.315 e. The molecule has 4 nitrogen and oxygen atoms in total. The Bertz CT molecular complexity index is 238. The van der Waals surface area contributed by atoms with E-state index in [1.807, 2.05) is 0 Å². The third-order valence-corrected chi connectivity index (χ3v) is 3.97. The smallest absolute Gasteiger partial charge is 0.315 e. The number of amides is 2. The maximum absolute atomic E-state index is 11.8. The molecular formula is C12H23N3O. The number of nitrogens with one attached hydrogen (secondary N) is 2. The molecule has 2 aliphatic carbocycles. The molecule has 16 heavy (non-hydrogen) atoms. The third-order valence-electron chi connectivity index (χ3n) is 3.97. The van der Waals surface area contributed by atoms with Crippen LogP contribution in [0.15, 0.2) is 0 Å². The van der Waals surface area contributed by atoms with Gasteiger partial charge in [-0.3, -0.25) is 0 Å². The highest BCUT2D eigenvalue weighted by Gasteiger charge is 2.28. The van der Waals surface area contributed by atoms with Crippen LogP contribution < -0.4 is 16.4 Å². The van der Waals surface area contributed by atoms with Gasteiger partial charge < -0.3 is 16.4 Å². The molecule has 0 spiro atoms. The molecule has 0 aromatic rings. The molecule has 4 N–H and O–H groups in total. The minimum absolute atomic E-state index is 0.0113. The van der Waals surface area contributed by atoms with Gasteiger partial charge in [-0.1, -0.05) is 19.3 Å². The van der Waals surface area contributed by atoms with Crippen LogP contribution in [-0.2, 0) is 0 Å². The summed E-state index contributed by atoms with van der Waals surface area (Å²) in [6.07, 6.45) is 8.21. The first kappa shape index (κ1) is 11.7. The summed E-state index contributed by atoms with van der Waals surface area (Å²) in [6, 6.07) is 0.710. The average molecular weight is 225 g/mol. The molecule has 0 aromatic carbocycles. The van der Waals surface area contributed by atoms with Crippen LogP contribution in [-0.4, -0.2) is 24.7 Å². The molecule has 2 rings (SSSR count). The highest BCUT2D eigenvalue weighted by Crippen LogP contribution is 2.24. The second-order valence-corrected chi connectivity index (χ2v) is 5.13. The van der Waals surface area contributed by atoms with Crippen LogP contribution in [0, 0.1) is 5.92 Å². The summed E-state index contributed by atoms with van der Waals surface area (Å²) in [5, 5.41) is 6.14. The maximum atomic E-state index is 11.8. The van der Waals surface area contributed by atoms with Gasteiger partial charge in [-0.15, -0.1) is 0 Å². The van der Waals surface area contributed by atoms with Crippen LogP contribution in [0.2, 0.25) is 0 Å². The molecule has 2 unspecified atom stereocenters. The molecular weight excluding hydrogens is 202 g/mol. The van der Waals surface area contributed by atoms with E-state index in [9.17, 15) is 4.79 Å². The Hall–Kier alpha value is -0.770. The van der Waals surface area contributed by atoms with Crippen LogP contribution in [0.25, 0.3) is 0 Å². The molecule has 0 heterocycles. The quantitative estimate of drug-likeness (QED) is 0.679. The largest absolute Gasteiger partial charge is 0.335 e. The Morgan fingerprint density at radius 2 is 1.81 bits per heavy atom. The molecule has 0 saturated heterocycles. The molecule has 2 fully saturated rings. The van der Waals surface area contributed by atoms with E-state index < -0.39 is 0 Å². The van der Waals surface area contributed by atoms with Gasteiger partial charge in [-0.2, -0.15) is 0 Å². The number of hydrogen-bond donors (Lipinski definition) is 3. The van der Waals surface area contributed by atoms with Gasteiger partial charge in [0, 0.05) is 12.1 Å². The summed E-state index contributed by atoms with van der Waals surface area (Å²) in [7, 11) is 0. The topological polar surface area (TPSA) is 67.1 Å². The summed E-state index contributed by atoms with van der Waals surface area (Å²) >= 11 is 0. The summed E-state index contributed by atoms with van der Waals surface area (Å²) in [5.74, 6) is 0.481. The van der Waals surface area contributed by atoms with Gasteiger partial charge in [0.15, 0.2) is 0 Å². The molecule has 0 aromatic heterocycles. The van der Waals surface area contributed by atoms with E-state index in [2.05, 4.69) is 10.6 Å². The lowest BCUT2D eigenvalue weighted by molar-refractivity contribution is 0.230. The third kappa shape index (κ3) is 2.88. The van der Waals surface area contributed by atoms with Crippen LogP contribution in [0.1, 0.15) is 44.9 Å². The number of carbonyl (C=O) groups is 1. The van der Waals surface area contributed by atoms with Crippen LogP contribution in [0.3, 0.4) is 0 Å². The molecule has 0 bridgehead atoms. The molecule has 0 radical (unpaired) electrons. The fraction of sp³-hybridized carbons (Fsp3) is 0.917. The predicted molar refractivity (Wildman–Crippen MR) is 64.1 cm³/mol. The molecule has 2 atom stereocenters. The number of urea groups is 1. The van der Waals surface area contributed by atoms with Crippen LogP contribution in [0.4, 0.5) is 4.79 Å². The van der Waals surface area contributed by atoms with Gasteiger partial charge >= 0.3 is 6.03 Å². The zero-order valence-electron chi connectivity index (χ0n) is 9.87. The van der Waals surface area contributed by atoms with Gasteiger partial charge in [-0.05, 0) is 38.1 Å². The second-order valence-electron chi connectivity index (χ2n) is 5.13. The van der Waals surface area contributed by atoms with Gasteiger partial charge in [0.05, 0.1) is 0 Å². The van der Waals surface area contributed by atoms with E-state index in [1.54, 1.807) is 0 Å². The van der Waals surface area contributed by atoms with E-state index >= 15 is 0 Å². The van der Waals surface area contributed by atoms with Crippen molar-refractivity contribution in [2.45, 2.75) is 57.0 Å². The first-order chi connectivity index (χ1) is 7.79. The molecule has 0 aliphatic heterocycles. The Morgan fingerprint density at radius 3 is 2.50 bits per heavy atom. The Kier molecular flexibility index (Phi) is 4.04. The Labute approximate surface area is 97.3 Å². The molecule has 2 saturated carbocycles. The number of hydrogen-bond acceptors (Lipinski definition) is 2. The average Bonchev–Trinajstić information content (AvgIpc) is 2.88. The lowest BCUT2D eigenvalue weighted by atomic mass is 10.0. The summed E-state index contributed by atoms with van der Waals surface area (Å²) in [4.78, 5) is 11.8. The molecule has 2 aliphatic rings. The van der Waals surface area contributed by atoms with Crippen molar-refractivity contribution in [2.24, 2.45) is 11.7 Å². The van der Waals surface area contributed by atoms with Crippen molar-refractivity contribution in [1.82, 2.24) is 10.6 Å². The van der Waals surface area contributed by atoms with E-state index in [0.29, 0.717) is 24.5 Å². The van der Waals surface area contributed by atoms with E-state index in [0.717, 1.165) is 25.7 Å². The minimum Gasteiger partial charge on any atom is -0.335 e. The number of carbonyl (C=O) groups excluding carboxylic acids is 1. The summed E-state index contributed by atoms with van der Waals surface area (Å²) in [5.41, 5.74) is 5.69. The fourth-order valence-electron chi connectivity index (χ4n) is 2.97. The van der Waals surface area contributed by atoms with E-state index in [1.165, 1.54) is 19.3 Å². The van der Waals surface area contributed by atoms with E-state index in [-0.39, 0.29) is 6.03 Å². The first-order valence-electron chi connectivity index (χ1n) is 6.56. The van der Waals surface area contributed by atoms with Crippen molar-refractivity contribution in [2.75, 3.05) is 6.54 Å². The zero-order chi connectivity index (χ0) is 11.4. The predicted octanol–water partition coefficient (Wildman–Crippen LogP) is 1.36. The zero-order valence-corrected chi connectivity index (χ0v) is 9.87. The normalized spacial score (nSPS) is 30.6. The van der Waals surface area contributed by atoms with Crippen LogP contribution >= 0.6 is 0 Å². The molecule has 92 valence electrons. The minimum atomic E-state index is 0.0113.